The van der Waals surface area contributed by atoms with Gasteiger partial charge in [0.2, 0.25) is 0 Å². The van der Waals surface area contributed by atoms with E-state index >= 15 is 0 Å². The highest BCUT2D eigenvalue weighted by Gasteiger charge is 2.47. The van der Waals surface area contributed by atoms with Gasteiger partial charge < -0.3 is 8.98 Å². The van der Waals surface area contributed by atoms with E-state index in [4.69, 9.17) is 4.42 Å². The summed E-state index contributed by atoms with van der Waals surface area (Å²) in [6.45, 7) is 9.58. The predicted octanol–water partition coefficient (Wildman–Crippen LogP) is 11.6. The van der Waals surface area contributed by atoms with Crippen LogP contribution in [0.3, 0.4) is 0 Å². The standard InChI is InChI=1S/C42H33NO/c1-41(2)34-14-8-5-11-29(34)32-22-24-38-39(40(32)42(41,3)4)33-25-27(19-23-37(33)44-38)26-17-20-28(21-18-26)43-35-15-9-6-12-30(35)31-13-7-10-16-36(31)43/h5-25H,1-4H3. The van der Waals surface area contributed by atoms with Crippen LogP contribution >= 0.6 is 0 Å². The van der Waals surface area contributed by atoms with Gasteiger partial charge in [0, 0.05) is 32.6 Å². The Balaban J connectivity index is 1.22. The van der Waals surface area contributed by atoms with Crippen molar-refractivity contribution in [3.05, 3.63) is 139 Å². The summed E-state index contributed by atoms with van der Waals surface area (Å²) in [5.41, 5.74) is 13.2. The van der Waals surface area contributed by atoms with Gasteiger partial charge in [-0.2, -0.15) is 0 Å². The summed E-state index contributed by atoms with van der Waals surface area (Å²) >= 11 is 0. The van der Waals surface area contributed by atoms with Gasteiger partial charge in [-0.3, -0.25) is 0 Å². The fraction of sp³-hybridized carbons (Fsp3) is 0.143. The molecule has 9 rings (SSSR count). The van der Waals surface area contributed by atoms with E-state index in [1.54, 1.807) is 0 Å². The molecule has 0 saturated heterocycles. The van der Waals surface area contributed by atoms with E-state index in [0.717, 1.165) is 16.9 Å². The van der Waals surface area contributed by atoms with Gasteiger partial charge in [0.1, 0.15) is 11.2 Å². The van der Waals surface area contributed by atoms with E-state index in [9.17, 15) is 0 Å². The molecule has 6 aromatic carbocycles. The Morgan fingerprint density at radius 1 is 0.500 bits per heavy atom. The number of benzene rings is 6. The van der Waals surface area contributed by atoms with Gasteiger partial charge in [0.05, 0.1) is 11.0 Å². The minimum atomic E-state index is -0.104. The van der Waals surface area contributed by atoms with E-state index in [-0.39, 0.29) is 10.8 Å². The smallest absolute Gasteiger partial charge is 0.135 e. The van der Waals surface area contributed by atoms with E-state index in [0.29, 0.717) is 0 Å². The molecule has 0 aliphatic heterocycles. The highest BCUT2D eigenvalue weighted by molar-refractivity contribution is 6.11. The number of hydrogen-bond donors (Lipinski definition) is 0. The molecule has 212 valence electrons. The molecule has 0 radical (unpaired) electrons. The van der Waals surface area contributed by atoms with Crippen LogP contribution in [0.1, 0.15) is 38.8 Å². The molecule has 8 aromatic rings. The Morgan fingerprint density at radius 3 is 1.84 bits per heavy atom. The third-order valence-electron chi connectivity index (χ3n) is 10.8. The van der Waals surface area contributed by atoms with Crippen molar-refractivity contribution in [3.63, 3.8) is 0 Å². The van der Waals surface area contributed by atoms with E-state index < -0.39 is 0 Å². The first kappa shape index (κ1) is 25.4. The SMILES string of the molecule is CC1(C)c2ccccc2-c2ccc3oc4ccc(-c5ccc(-n6c7ccccc7c7ccccc76)cc5)cc4c3c2C1(C)C. The third kappa shape index (κ3) is 3.26. The van der Waals surface area contributed by atoms with Crippen molar-refractivity contribution in [2.45, 2.75) is 38.5 Å². The van der Waals surface area contributed by atoms with Crippen molar-refractivity contribution in [2.24, 2.45) is 0 Å². The second-order valence-corrected chi connectivity index (χ2v) is 13.4. The molecule has 2 heterocycles. The lowest BCUT2D eigenvalue weighted by Gasteiger charge is -2.48. The zero-order chi connectivity index (χ0) is 29.8. The number of rotatable bonds is 2. The van der Waals surface area contributed by atoms with Gasteiger partial charge >= 0.3 is 0 Å². The molecule has 0 spiro atoms. The molecular weight excluding hydrogens is 534 g/mol. The van der Waals surface area contributed by atoms with Crippen LogP contribution in [0.15, 0.2) is 132 Å². The maximum Gasteiger partial charge on any atom is 0.135 e. The maximum atomic E-state index is 6.51. The number of fused-ring (bicyclic) bond motifs is 10. The lowest BCUT2D eigenvalue weighted by molar-refractivity contribution is 0.301. The van der Waals surface area contributed by atoms with Gasteiger partial charge in [0.25, 0.3) is 0 Å². The molecule has 44 heavy (non-hydrogen) atoms. The van der Waals surface area contributed by atoms with Gasteiger partial charge in [-0.05, 0) is 81.3 Å². The summed E-state index contributed by atoms with van der Waals surface area (Å²) in [5.74, 6) is 0. The van der Waals surface area contributed by atoms with E-state index in [1.165, 1.54) is 66.0 Å². The largest absolute Gasteiger partial charge is 0.456 e. The van der Waals surface area contributed by atoms with Crippen LogP contribution in [0.2, 0.25) is 0 Å². The highest BCUT2D eigenvalue weighted by Crippen LogP contribution is 2.56. The van der Waals surface area contributed by atoms with Crippen LogP contribution < -0.4 is 0 Å². The van der Waals surface area contributed by atoms with Crippen molar-refractivity contribution in [1.29, 1.82) is 0 Å². The van der Waals surface area contributed by atoms with Crippen molar-refractivity contribution >= 4 is 43.7 Å². The summed E-state index contributed by atoms with van der Waals surface area (Å²) in [5, 5.41) is 4.99. The number of nitrogens with zero attached hydrogens (tertiary/aromatic N) is 1. The Hall–Kier alpha value is -5.08. The molecule has 0 saturated carbocycles. The fourth-order valence-corrected chi connectivity index (χ4v) is 7.84. The predicted molar refractivity (Wildman–Crippen MR) is 185 cm³/mol. The van der Waals surface area contributed by atoms with Crippen LogP contribution in [0, 0.1) is 0 Å². The van der Waals surface area contributed by atoms with Gasteiger partial charge in [0.15, 0.2) is 0 Å². The van der Waals surface area contributed by atoms with E-state index in [2.05, 4.69) is 160 Å². The monoisotopic (exact) mass is 567 g/mol. The topological polar surface area (TPSA) is 18.1 Å². The summed E-state index contributed by atoms with van der Waals surface area (Å²) in [6, 6.07) is 46.4. The van der Waals surface area contributed by atoms with Crippen molar-refractivity contribution < 1.29 is 4.42 Å². The summed E-state index contributed by atoms with van der Waals surface area (Å²) in [4.78, 5) is 0. The first-order chi connectivity index (χ1) is 21.3. The zero-order valence-corrected chi connectivity index (χ0v) is 25.5. The van der Waals surface area contributed by atoms with Crippen LogP contribution in [0.5, 0.6) is 0 Å². The number of para-hydroxylation sites is 2. The van der Waals surface area contributed by atoms with Gasteiger partial charge in [-0.15, -0.1) is 0 Å². The van der Waals surface area contributed by atoms with Gasteiger partial charge in [-0.25, -0.2) is 0 Å². The first-order valence-corrected chi connectivity index (χ1v) is 15.5. The Labute approximate surface area is 257 Å². The molecule has 1 aliphatic carbocycles. The average Bonchev–Trinajstić information content (AvgIpc) is 3.59. The Bertz CT molecular complexity index is 2380. The van der Waals surface area contributed by atoms with E-state index in [1.807, 2.05) is 0 Å². The van der Waals surface area contributed by atoms with Crippen LogP contribution in [-0.2, 0) is 10.8 Å². The zero-order valence-electron chi connectivity index (χ0n) is 25.5. The molecule has 0 N–H and O–H groups in total. The molecule has 1 aliphatic rings. The molecule has 0 amide bonds. The molecule has 0 unspecified atom stereocenters. The second-order valence-electron chi connectivity index (χ2n) is 13.4. The minimum absolute atomic E-state index is 0.0469. The molecule has 0 atom stereocenters. The van der Waals surface area contributed by atoms with Crippen LogP contribution in [0.4, 0.5) is 0 Å². The van der Waals surface area contributed by atoms with Crippen molar-refractivity contribution in [2.75, 3.05) is 0 Å². The normalized spacial score (nSPS) is 15.2. The lowest BCUT2D eigenvalue weighted by Crippen LogP contribution is -2.43. The molecule has 2 nitrogen and oxygen atoms in total. The summed E-state index contributed by atoms with van der Waals surface area (Å²) in [7, 11) is 0. The maximum absolute atomic E-state index is 6.51. The lowest BCUT2D eigenvalue weighted by atomic mass is 9.55. The summed E-state index contributed by atoms with van der Waals surface area (Å²) in [6.07, 6.45) is 0. The number of aromatic nitrogens is 1. The Kier molecular flexibility index (Phi) is 5.05. The van der Waals surface area contributed by atoms with Crippen molar-refractivity contribution in [1.82, 2.24) is 4.57 Å². The van der Waals surface area contributed by atoms with Crippen LogP contribution in [-0.4, -0.2) is 4.57 Å². The van der Waals surface area contributed by atoms with Gasteiger partial charge in [-0.1, -0.05) is 113 Å². The first-order valence-electron chi connectivity index (χ1n) is 15.5. The summed E-state index contributed by atoms with van der Waals surface area (Å²) < 4.78 is 8.88. The third-order valence-corrected chi connectivity index (χ3v) is 10.8. The molecule has 2 aromatic heterocycles. The van der Waals surface area contributed by atoms with Crippen molar-refractivity contribution in [3.8, 4) is 27.9 Å². The molecule has 2 heteroatoms. The highest BCUT2D eigenvalue weighted by atomic mass is 16.3. The average molecular weight is 568 g/mol. The number of furan rings is 1. The Morgan fingerprint density at radius 2 is 1.11 bits per heavy atom. The molecular formula is C42H33NO. The number of hydrogen-bond acceptors (Lipinski definition) is 1. The molecule has 0 bridgehead atoms. The van der Waals surface area contributed by atoms with Crippen LogP contribution in [0.25, 0.3) is 71.7 Å². The fourth-order valence-electron chi connectivity index (χ4n) is 7.84. The minimum Gasteiger partial charge on any atom is -0.456 e. The molecule has 0 fully saturated rings. The second kappa shape index (κ2) is 8.74. The quantitative estimate of drug-likeness (QED) is 0.203.